The van der Waals surface area contributed by atoms with Gasteiger partial charge in [0.1, 0.15) is 11.6 Å². The molecule has 0 saturated heterocycles. The summed E-state index contributed by atoms with van der Waals surface area (Å²) in [5, 5.41) is 11.8. The number of ether oxygens (including phenoxy) is 2. The SMILES string of the molecule is CCOc1cc2c(cc1OCC)[C@H](CC(=O)O)N(C(=O)Nc1cc(F)ccc1F)CC2. The highest BCUT2D eigenvalue weighted by Crippen LogP contribution is 2.40. The van der Waals surface area contributed by atoms with Gasteiger partial charge in [0.05, 0.1) is 31.4 Å². The Kier molecular flexibility index (Phi) is 6.94. The number of carboxylic acid groups (broad SMARTS) is 1. The molecule has 31 heavy (non-hydrogen) atoms. The molecule has 2 N–H and O–H groups in total. The second-order valence-corrected chi connectivity index (χ2v) is 6.98. The van der Waals surface area contributed by atoms with Crippen molar-refractivity contribution in [3.63, 3.8) is 0 Å². The fraction of sp³-hybridized carbons (Fsp3) is 0.364. The van der Waals surface area contributed by atoms with Gasteiger partial charge in [-0.15, -0.1) is 0 Å². The zero-order chi connectivity index (χ0) is 22.5. The van der Waals surface area contributed by atoms with E-state index >= 15 is 0 Å². The van der Waals surface area contributed by atoms with Crippen LogP contribution in [0.3, 0.4) is 0 Å². The van der Waals surface area contributed by atoms with Crippen LogP contribution in [0.4, 0.5) is 19.3 Å². The summed E-state index contributed by atoms with van der Waals surface area (Å²) in [5.74, 6) is -1.58. The van der Waals surface area contributed by atoms with Gasteiger partial charge in [0, 0.05) is 12.6 Å². The zero-order valence-corrected chi connectivity index (χ0v) is 17.3. The van der Waals surface area contributed by atoms with E-state index in [-0.39, 0.29) is 18.7 Å². The van der Waals surface area contributed by atoms with Gasteiger partial charge in [-0.3, -0.25) is 4.79 Å². The van der Waals surface area contributed by atoms with E-state index in [9.17, 15) is 23.5 Å². The number of anilines is 1. The molecule has 9 heteroatoms. The molecule has 0 radical (unpaired) electrons. The number of nitrogens with zero attached hydrogens (tertiary/aromatic N) is 1. The first-order valence-electron chi connectivity index (χ1n) is 10.0. The molecule has 1 aliphatic heterocycles. The quantitative estimate of drug-likeness (QED) is 0.676. The summed E-state index contributed by atoms with van der Waals surface area (Å²) < 4.78 is 38.7. The van der Waals surface area contributed by atoms with Gasteiger partial charge in [0.2, 0.25) is 0 Å². The molecule has 166 valence electrons. The van der Waals surface area contributed by atoms with Crippen molar-refractivity contribution in [3.05, 3.63) is 53.1 Å². The highest BCUT2D eigenvalue weighted by Gasteiger charge is 2.34. The Morgan fingerprint density at radius 1 is 1.13 bits per heavy atom. The van der Waals surface area contributed by atoms with E-state index in [1.165, 1.54) is 4.90 Å². The number of carbonyl (C=O) groups excluding carboxylic acids is 1. The summed E-state index contributed by atoms with van der Waals surface area (Å²) in [5.41, 5.74) is 1.15. The average Bonchev–Trinajstić information content (AvgIpc) is 2.71. The lowest BCUT2D eigenvalue weighted by Gasteiger charge is -2.37. The van der Waals surface area contributed by atoms with Crippen molar-refractivity contribution >= 4 is 17.7 Å². The standard InChI is InChI=1S/C22H24F2N2O5/c1-3-30-19-9-13-7-8-26(22(29)25-17-10-14(23)5-6-16(17)24)18(12-21(27)28)15(13)11-20(19)31-4-2/h5-6,9-11,18H,3-4,7-8,12H2,1-2H3,(H,25,29)(H,27,28)/t18-/m0/s1. The Morgan fingerprint density at radius 2 is 1.81 bits per heavy atom. The van der Waals surface area contributed by atoms with Gasteiger partial charge in [-0.1, -0.05) is 0 Å². The van der Waals surface area contributed by atoms with Gasteiger partial charge < -0.3 is 24.8 Å². The molecular weight excluding hydrogens is 410 g/mol. The summed E-state index contributed by atoms with van der Waals surface area (Å²) in [6.07, 6.45) is 0.0859. The van der Waals surface area contributed by atoms with Gasteiger partial charge >= 0.3 is 12.0 Å². The second kappa shape index (κ2) is 9.63. The minimum Gasteiger partial charge on any atom is -0.490 e. The molecule has 1 aliphatic rings. The number of carboxylic acids is 1. The van der Waals surface area contributed by atoms with E-state index in [0.717, 1.165) is 23.8 Å². The van der Waals surface area contributed by atoms with Crippen molar-refractivity contribution in [1.29, 1.82) is 0 Å². The Hall–Kier alpha value is -3.36. The molecule has 0 aromatic heterocycles. The van der Waals surface area contributed by atoms with Crippen LogP contribution in [-0.2, 0) is 11.2 Å². The molecule has 2 amide bonds. The molecule has 0 spiro atoms. The van der Waals surface area contributed by atoms with Gasteiger partial charge in [0.15, 0.2) is 11.5 Å². The van der Waals surface area contributed by atoms with Crippen molar-refractivity contribution in [2.45, 2.75) is 32.7 Å². The molecule has 2 aromatic rings. The summed E-state index contributed by atoms with van der Waals surface area (Å²) in [6.45, 7) is 4.68. The van der Waals surface area contributed by atoms with Crippen molar-refractivity contribution < 1.29 is 33.0 Å². The highest BCUT2D eigenvalue weighted by atomic mass is 19.1. The zero-order valence-electron chi connectivity index (χ0n) is 17.3. The molecule has 1 atom stereocenters. The van der Waals surface area contributed by atoms with Crippen LogP contribution in [-0.4, -0.2) is 41.8 Å². The number of rotatable bonds is 7. The van der Waals surface area contributed by atoms with Crippen LogP contribution >= 0.6 is 0 Å². The molecule has 1 heterocycles. The van der Waals surface area contributed by atoms with E-state index in [1.54, 1.807) is 12.1 Å². The fourth-order valence-corrected chi connectivity index (χ4v) is 3.65. The first-order chi connectivity index (χ1) is 14.8. The maximum atomic E-state index is 14.0. The van der Waals surface area contributed by atoms with Crippen LogP contribution in [0, 0.1) is 11.6 Å². The number of hydrogen-bond acceptors (Lipinski definition) is 4. The Balaban J connectivity index is 1.96. The normalized spacial score (nSPS) is 15.2. The smallest absolute Gasteiger partial charge is 0.322 e. The maximum absolute atomic E-state index is 14.0. The summed E-state index contributed by atoms with van der Waals surface area (Å²) in [7, 11) is 0. The minimum absolute atomic E-state index is 0.202. The molecule has 7 nitrogen and oxygen atoms in total. The molecular formula is C22H24F2N2O5. The third-order valence-corrected chi connectivity index (χ3v) is 4.96. The second-order valence-electron chi connectivity index (χ2n) is 6.98. The van der Waals surface area contributed by atoms with Crippen molar-refractivity contribution in [2.24, 2.45) is 0 Å². The minimum atomic E-state index is -1.10. The van der Waals surface area contributed by atoms with Gasteiger partial charge in [-0.2, -0.15) is 0 Å². The molecule has 0 fully saturated rings. The molecule has 0 bridgehead atoms. The Bertz CT molecular complexity index is 983. The van der Waals surface area contributed by atoms with E-state index in [0.29, 0.717) is 36.7 Å². The van der Waals surface area contributed by atoms with Gasteiger partial charge in [-0.05, 0) is 55.7 Å². The van der Waals surface area contributed by atoms with E-state index in [1.807, 2.05) is 13.8 Å². The van der Waals surface area contributed by atoms with Crippen LogP contribution in [0.5, 0.6) is 11.5 Å². The first-order valence-corrected chi connectivity index (χ1v) is 10.0. The number of halogens is 2. The number of hydrogen-bond donors (Lipinski definition) is 2. The molecule has 0 saturated carbocycles. The highest BCUT2D eigenvalue weighted by molar-refractivity contribution is 5.90. The van der Waals surface area contributed by atoms with Crippen LogP contribution in [0.1, 0.15) is 37.4 Å². The van der Waals surface area contributed by atoms with E-state index < -0.39 is 29.7 Å². The fourth-order valence-electron chi connectivity index (χ4n) is 3.65. The summed E-state index contributed by atoms with van der Waals surface area (Å²) in [4.78, 5) is 25.8. The number of fused-ring (bicyclic) bond motifs is 1. The van der Waals surface area contributed by atoms with Crippen molar-refractivity contribution in [3.8, 4) is 11.5 Å². The lowest BCUT2D eigenvalue weighted by Crippen LogP contribution is -2.43. The number of urea groups is 1. The third-order valence-electron chi connectivity index (χ3n) is 4.96. The van der Waals surface area contributed by atoms with Crippen molar-refractivity contribution in [1.82, 2.24) is 4.90 Å². The van der Waals surface area contributed by atoms with Crippen LogP contribution in [0.2, 0.25) is 0 Å². The number of aliphatic carboxylic acids is 1. The van der Waals surface area contributed by atoms with Gasteiger partial charge in [0.25, 0.3) is 0 Å². The average molecular weight is 434 g/mol. The Morgan fingerprint density at radius 3 is 2.45 bits per heavy atom. The molecule has 2 aromatic carbocycles. The lowest BCUT2D eigenvalue weighted by atomic mass is 9.90. The molecule has 3 rings (SSSR count). The Labute approximate surface area is 178 Å². The van der Waals surface area contributed by atoms with Crippen molar-refractivity contribution in [2.75, 3.05) is 25.1 Å². The number of nitrogens with one attached hydrogen (secondary N) is 1. The maximum Gasteiger partial charge on any atom is 0.322 e. The molecule has 0 aliphatic carbocycles. The van der Waals surface area contributed by atoms with Crippen LogP contribution in [0.15, 0.2) is 30.3 Å². The predicted molar refractivity (Wildman–Crippen MR) is 110 cm³/mol. The monoisotopic (exact) mass is 434 g/mol. The lowest BCUT2D eigenvalue weighted by molar-refractivity contribution is -0.138. The van der Waals surface area contributed by atoms with E-state index in [4.69, 9.17) is 9.47 Å². The number of carbonyl (C=O) groups is 2. The summed E-state index contributed by atoms with van der Waals surface area (Å²) in [6, 6.07) is 4.70. The predicted octanol–water partition coefficient (Wildman–Crippen LogP) is 4.37. The molecule has 0 unspecified atom stereocenters. The topological polar surface area (TPSA) is 88.1 Å². The van der Waals surface area contributed by atoms with Gasteiger partial charge in [-0.25, -0.2) is 13.6 Å². The number of benzene rings is 2. The first kappa shape index (κ1) is 22.3. The third kappa shape index (κ3) is 5.04. The van der Waals surface area contributed by atoms with Crippen LogP contribution < -0.4 is 14.8 Å². The van der Waals surface area contributed by atoms with Crippen LogP contribution in [0.25, 0.3) is 0 Å². The van der Waals surface area contributed by atoms with E-state index in [2.05, 4.69) is 5.32 Å². The largest absolute Gasteiger partial charge is 0.490 e. The summed E-state index contributed by atoms with van der Waals surface area (Å²) >= 11 is 0. The number of amides is 2.